The molecule has 12 heteroatoms. The largest absolute Gasteiger partial charge is 0.332 e. The molecule has 2 heterocycles. The van der Waals surface area contributed by atoms with Crippen LogP contribution >= 0.6 is 23.1 Å². The minimum Gasteiger partial charge on any atom is -0.311 e. The third-order valence-corrected chi connectivity index (χ3v) is 5.86. The van der Waals surface area contributed by atoms with Crippen molar-refractivity contribution < 1.29 is 9.72 Å². The van der Waals surface area contributed by atoms with Gasteiger partial charge in [0.1, 0.15) is 5.82 Å². The molecule has 0 aliphatic carbocycles. The van der Waals surface area contributed by atoms with Gasteiger partial charge in [-0.2, -0.15) is 0 Å². The molecule has 2 aromatic heterocycles. The van der Waals surface area contributed by atoms with Gasteiger partial charge in [0, 0.05) is 32.3 Å². The van der Waals surface area contributed by atoms with Crippen LogP contribution in [0.5, 0.6) is 0 Å². The number of carbonyl (C=O) groups excluding carboxylic acids is 1. The van der Waals surface area contributed by atoms with Gasteiger partial charge in [-0.25, -0.2) is 9.78 Å². The topological polar surface area (TPSA) is 129 Å². The van der Waals surface area contributed by atoms with Gasteiger partial charge in [0.15, 0.2) is 4.34 Å². The Morgan fingerprint density at radius 3 is 2.74 bits per heavy atom. The summed E-state index contributed by atoms with van der Waals surface area (Å²) in [4.78, 5) is 50.3. The Labute approximate surface area is 159 Å². The molecule has 0 spiro atoms. The molecule has 0 radical (unpaired) electrons. The van der Waals surface area contributed by atoms with Crippen molar-refractivity contribution in [3.63, 3.8) is 0 Å². The normalized spacial score (nSPS) is 10.9. The molecular formula is C15H13N5O5S2. The molecule has 27 heavy (non-hydrogen) atoms. The first-order valence-corrected chi connectivity index (χ1v) is 9.31. The van der Waals surface area contributed by atoms with E-state index in [2.05, 4.69) is 10.3 Å². The Bertz CT molecular complexity index is 1180. The smallest absolute Gasteiger partial charge is 0.311 e. The molecule has 0 aliphatic rings. The number of benzene rings is 1. The lowest BCUT2D eigenvalue weighted by atomic mass is 10.3. The predicted molar refractivity (Wildman–Crippen MR) is 103 cm³/mol. The van der Waals surface area contributed by atoms with Crippen molar-refractivity contribution in [2.45, 2.75) is 4.34 Å². The van der Waals surface area contributed by atoms with E-state index >= 15 is 0 Å². The number of nitro benzene ring substituents is 1. The zero-order valence-electron chi connectivity index (χ0n) is 14.2. The summed E-state index contributed by atoms with van der Waals surface area (Å²) in [5.41, 5.74) is -0.619. The zero-order valence-corrected chi connectivity index (χ0v) is 15.8. The molecule has 0 saturated carbocycles. The molecule has 3 aromatic rings. The highest BCUT2D eigenvalue weighted by Crippen LogP contribution is 2.31. The third-order valence-electron chi connectivity index (χ3n) is 3.68. The van der Waals surface area contributed by atoms with E-state index in [9.17, 15) is 24.5 Å². The van der Waals surface area contributed by atoms with Gasteiger partial charge >= 0.3 is 5.69 Å². The van der Waals surface area contributed by atoms with Crippen LogP contribution in [0.2, 0.25) is 0 Å². The first-order valence-electron chi connectivity index (χ1n) is 7.51. The van der Waals surface area contributed by atoms with Crippen molar-refractivity contribution in [3.05, 3.63) is 55.2 Å². The van der Waals surface area contributed by atoms with Gasteiger partial charge in [-0.3, -0.25) is 28.8 Å². The Hall–Kier alpha value is -2.99. The summed E-state index contributed by atoms with van der Waals surface area (Å²) < 4.78 is 3.46. The Morgan fingerprint density at radius 2 is 2.04 bits per heavy atom. The lowest BCUT2D eigenvalue weighted by Gasteiger charge is -2.10. The Balaban J connectivity index is 1.71. The molecule has 0 aliphatic heterocycles. The van der Waals surface area contributed by atoms with Crippen LogP contribution in [0.15, 0.2) is 38.2 Å². The van der Waals surface area contributed by atoms with Gasteiger partial charge in [-0.05, 0) is 6.07 Å². The van der Waals surface area contributed by atoms with Crippen molar-refractivity contribution in [1.29, 1.82) is 0 Å². The number of nitro groups is 1. The van der Waals surface area contributed by atoms with E-state index in [-0.39, 0.29) is 17.3 Å². The monoisotopic (exact) mass is 407 g/mol. The number of nitrogens with zero attached hydrogens (tertiary/aromatic N) is 4. The fraction of sp³-hybridized carbons (Fsp3) is 0.200. The van der Waals surface area contributed by atoms with Crippen molar-refractivity contribution in [1.82, 2.24) is 14.1 Å². The second kappa shape index (κ2) is 7.32. The fourth-order valence-corrected chi connectivity index (χ4v) is 4.08. The summed E-state index contributed by atoms with van der Waals surface area (Å²) in [7, 11) is 2.80. The van der Waals surface area contributed by atoms with Gasteiger partial charge in [0.25, 0.3) is 11.2 Å². The molecular weight excluding hydrogens is 394 g/mol. The second-order valence-electron chi connectivity index (χ2n) is 5.49. The second-order valence-corrected chi connectivity index (χ2v) is 7.75. The first kappa shape index (κ1) is 18.8. The Kier molecular flexibility index (Phi) is 5.10. The van der Waals surface area contributed by atoms with E-state index in [1.807, 2.05) is 0 Å². The minimum atomic E-state index is -0.543. The molecule has 0 saturated heterocycles. The van der Waals surface area contributed by atoms with Gasteiger partial charge in [-0.1, -0.05) is 11.8 Å². The van der Waals surface area contributed by atoms with Crippen LogP contribution in [-0.2, 0) is 18.9 Å². The summed E-state index contributed by atoms with van der Waals surface area (Å²) in [6, 6.07) is 5.56. The molecule has 10 nitrogen and oxygen atoms in total. The summed E-state index contributed by atoms with van der Waals surface area (Å²) in [5.74, 6) is -0.298. The SMILES string of the molecule is Cn1c(NC(=O)CSc2nc3cc([N+](=O)[O-])ccc3s2)cc(=O)n(C)c1=O. The quantitative estimate of drug-likeness (QED) is 0.384. The van der Waals surface area contributed by atoms with E-state index in [4.69, 9.17) is 0 Å². The molecule has 1 N–H and O–H groups in total. The average Bonchev–Trinajstić information content (AvgIpc) is 3.04. The van der Waals surface area contributed by atoms with Gasteiger partial charge in [0.05, 0.1) is 20.9 Å². The minimum absolute atomic E-state index is 0.00527. The highest BCUT2D eigenvalue weighted by atomic mass is 32.2. The van der Waals surface area contributed by atoms with Crippen molar-refractivity contribution in [2.75, 3.05) is 11.1 Å². The number of nitrogens with one attached hydrogen (secondary N) is 1. The van der Waals surface area contributed by atoms with E-state index in [1.165, 1.54) is 48.2 Å². The number of aromatic nitrogens is 3. The molecule has 0 atom stereocenters. The Morgan fingerprint density at radius 1 is 1.30 bits per heavy atom. The number of anilines is 1. The molecule has 3 rings (SSSR count). The van der Waals surface area contributed by atoms with Crippen LogP contribution in [0.4, 0.5) is 11.5 Å². The number of rotatable bonds is 5. The van der Waals surface area contributed by atoms with E-state index in [0.717, 1.165) is 21.0 Å². The maximum Gasteiger partial charge on any atom is 0.332 e. The van der Waals surface area contributed by atoms with Gasteiger partial charge < -0.3 is 5.32 Å². The maximum absolute atomic E-state index is 12.1. The van der Waals surface area contributed by atoms with E-state index in [1.54, 1.807) is 6.07 Å². The van der Waals surface area contributed by atoms with E-state index in [0.29, 0.717) is 9.86 Å². The number of thioether (sulfide) groups is 1. The van der Waals surface area contributed by atoms with Crippen molar-refractivity contribution in [3.8, 4) is 0 Å². The molecule has 1 amide bonds. The van der Waals surface area contributed by atoms with Crippen LogP contribution in [-0.4, -0.2) is 30.7 Å². The average molecular weight is 407 g/mol. The highest BCUT2D eigenvalue weighted by molar-refractivity contribution is 8.01. The fourth-order valence-electron chi connectivity index (χ4n) is 2.23. The molecule has 0 unspecified atom stereocenters. The number of amides is 1. The number of carbonyl (C=O) groups is 1. The standard InChI is InChI=1S/C15H13N5O5S2/c1-18-11(6-13(22)19(2)15(18)23)17-12(21)7-26-14-16-9-5-8(20(24)25)3-4-10(9)27-14/h3-6H,7H2,1-2H3,(H,17,21). The summed E-state index contributed by atoms with van der Waals surface area (Å²) >= 11 is 2.48. The van der Waals surface area contributed by atoms with Gasteiger partial charge in [0.2, 0.25) is 5.91 Å². The molecule has 1 aromatic carbocycles. The maximum atomic E-state index is 12.1. The number of hydrogen-bond acceptors (Lipinski definition) is 8. The van der Waals surface area contributed by atoms with Crippen LogP contribution < -0.4 is 16.6 Å². The number of non-ortho nitro benzene ring substituents is 1. The van der Waals surface area contributed by atoms with E-state index < -0.39 is 22.1 Å². The highest BCUT2D eigenvalue weighted by Gasteiger charge is 2.13. The summed E-state index contributed by atoms with van der Waals surface area (Å²) in [6.45, 7) is 0. The lowest BCUT2D eigenvalue weighted by molar-refractivity contribution is -0.384. The van der Waals surface area contributed by atoms with Crippen LogP contribution in [0.3, 0.4) is 0 Å². The molecule has 140 valence electrons. The van der Waals surface area contributed by atoms with Crippen LogP contribution in [0, 0.1) is 10.1 Å². The van der Waals surface area contributed by atoms with Gasteiger partial charge in [-0.15, -0.1) is 11.3 Å². The lowest BCUT2D eigenvalue weighted by Crippen LogP contribution is -2.38. The van der Waals surface area contributed by atoms with Crippen molar-refractivity contribution >= 4 is 50.7 Å². The molecule has 0 bridgehead atoms. The summed E-state index contributed by atoms with van der Waals surface area (Å²) in [5, 5.41) is 13.3. The van der Waals surface area contributed by atoms with Crippen LogP contribution in [0.1, 0.15) is 0 Å². The first-order chi connectivity index (χ1) is 12.8. The number of fused-ring (bicyclic) bond motifs is 1. The molecule has 0 fully saturated rings. The zero-order chi connectivity index (χ0) is 19.7. The predicted octanol–water partition coefficient (Wildman–Crippen LogP) is 1.33. The number of thiazole rings is 1. The van der Waals surface area contributed by atoms with Crippen molar-refractivity contribution in [2.24, 2.45) is 14.1 Å². The van der Waals surface area contributed by atoms with Crippen LogP contribution in [0.25, 0.3) is 10.2 Å². The number of hydrogen-bond donors (Lipinski definition) is 1. The third kappa shape index (κ3) is 3.90. The summed E-state index contributed by atoms with van der Waals surface area (Å²) in [6.07, 6.45) is 0.